The molecule has 1 atom stereocenters. The number of aromatic nitrogens is 3. The van der Waals surface area contributed by atoms with Crippen LogP contribution in [-0.2, 0) is 21.1 Å². The number of amides is 2. The van der Waals surface area contributed by atoms with Crippen LogP contribution in [0, 0.1) is 0 Å². The van der Waals surface area contributed by atoms with E-state index in [4.69, 9.17) is 4.55 Å². The zero-order valence-corrected chi connectivity index (χ0v) is 15.3. The minimum atomic E-state index is -4.81. The molecule has 11 nitrogen and oxygen atoms in total. The van der Waals surface area contributed by atoms with E-state index in [9.17, 15) is 18.0 Å². The van der Waals surface area contributed by atoms with Gasteiger partial charge in [0.15, 0.2) is 5.78 Å². The van der Waals surface area contributed by atoms with Gasteiger partial charge in [-0.2, -0.15) is 18.6 Å². The first-order valence-electron chi connectivity index (χ1n) is 7.72. The summed E-state index contributed by atoms with van der Waals surface area (Å²) in [7, 11) is -4.81. The Kier molecular flexibility index (Phi) is 4.30. The minimum absolute atomic E-state index is 0.0906. The van der Waals surface area contributed by atoms with Gasteiger partial charge in [-0.05, 0) is 12.1 Å². The molecule has 2 aliphatic heterocycles. The van der Waals surface area contributed by atoms with Crippen molar-refractivity contribution < 1.29 is 26.8 Å². The number of hydroxylamine groups is 2. The average molecular weight is 411 g/mol. The predicted molar refractivity (Wildman–Crippen MR) is 91.9 cm³/mol. The number of rotatable bonds is 6. The number of ketones is 1. The monoisotopic (exact) mass is 411 g/mol. The molecular weight excluding hydrogens is 398 g/mol. The zero-order chi connectivity index (χ0) is 19.2. The van der Waals surface area contributed by atoms with Gasteiger partial charge in [-0.25, -0.2) is 9.48 Å². The van der Waals surface area contributed by atoms with Crippen LogP contribution >= 0.6 is 11.3 Å². The summed E-state index contributed by atoms with van der Waals surface area (Å²) in [5.41, 5.74) is 2.76. The predicted octanol–water partition coefficient (Wildman–Crippen LogP) is 0.460. The summed E-state index contributed by atoms with van der Waals surface area (Å²) >= 11 is 1.26. The lowest BCUT2D eigenvalue weighted by molar-refractivity contribution is -0.0183. The van der Waals surface area contributed by atoms with E-state index in [-0.39, 0.29) is 25.3 Å². The Morgan fingerprint density at radius 3 is 2.96 bits per heavy atom. The van der Waals surface area contributed by atoms with Crippen LogP contribution in [0.15, 0.2) is 30.0 Å². The highest BCUT2D eigenvalue weighted by molar-refractivity contribution is 7.80. The van der Waals surface area contributed by atoms with Gasteiger partial charge in [0.05, 0.1) is 34.7 Å². The fourth-order valence-electron chi connectivity index (χ4n) is 2.94. The second-order valence-electron chi connectivity index (χ2n) is 5.93. The Labute approximate surface area is 157 Å². The average Bonchev–Trinajstić information content (AvgIpc) is 3.32. The Bertz CT molecular complexity index is 1030. The maximum atomic E-state index is 12.2. The Hall–Kier alpha value is -2.61. The second-order valence-corrected chi connectivity index (χ2v) is 7.82. The van der Waals surface area contributed by atoms with E-state index in [1.54, 1.807) is 23.8 Å². The fourth-order valence-corrected chi connectivity index (χ4v) is 3.88. The van der Waals surface area contributed by atoms with E-state index in [0.717, 1.165) is 0 Å². The topological polar surface area (TPSA) is 135 Å². The molecule has 0 aliphatic carbocycles. The SMILES string of the molecule is O=C(Cc1ccn(C2=CC3CN(C2)C(=O)N3OS(=O)(=O)O)n1)c1cncs1. The summed E-state index contributed by atoms with van der Waals surface area (Å²) < 4.78 is 36.6. The van der Waals surface area contributed by atoms with Crippen molar-refractivity contribution in [1.82, 2.24) is 24.7 Å². The molecule has 142 valence electrons. The molecule has 4 rings (SSSR count). The highest BCUT2D eigenvalue weighted by Crippen LogP contribution is 2.27. The number of Topliss-reactive ketones (excluding diaryl/α,β-unsaturated/α-hetero) is 1. The third-order valence-electron chi connectivity index (χ3n) is 4.07. The molecule has 2 aromatic heterocycles. The number of nitrogens with zero attached hydrogens (tertiary/aromatic N) is 5. The summed E-state index contributed by atoms with van der Waals surface area (Å²) in [6.45, 7) is 0.417. The molecule has 2 amide bonds. The van der Waals surface area contributed by atoms with Gasteiger partial charge in [-0.15, -0.1) is 15.6 Å². The lowest BCUT2D eigenvalue weighted by atomic mass is 10.2. The standard InChI is InChI=1S/C14H13N5O6S2/c20-12(13-5-15-8-26-13)3-9-1-2-18(16-9)10-4-11-7-17(6-10)14(21)19(11)25-27(22,23)24/h1-2,4-5,8,11H,3,6-7H2,(H,22,23,24). The number of urea groups is 1. The van der Waals surface area contributed by atoms with Crippen LogP contribution in [0.2, 0.25) is 0 Å². The molecule has 2 aromatic rings. The molecule has 2 bridgehead atoms. The van der Waals surface area contributed by atoms with Crippen molar-refractivity contribution in [2.75, 3.05) is 13.1 Å². The number of fused-ring (bicyclic) bond motifs is 2. The number of carbonyl (C=O) groups excluding carboxylic acids is 2. The van der Waals surface area contributed by atoms with E-state index in [1.807, 2.05) is 0 Å². The molecule has 1 N–H and O–H groups in total. The van der Waals surface area contributed by atoms with Crippen LogP contribution in [-0.4, -0.2) is 68.6 Å². The molecule has 27 heavy (non-hydrogen) atoms. The lowest BCUT2D eigenvalue weighted by Crippen LogP contribution is -2.35. The first kappa shape index (κ1) is 17.8. The van der Waals surface area contributed by atoms with Crippen molar-refractivity contribution in [2.24, 2.45) is 0 Å². The summed E-state index contributed by atoms with van der Waals surface area (Å²) in [6, 6.07) is 0.339. The van der Waals surface area contributed by atoms with Gasteiger partial charge in [0.1, 0.15) is 6.04 Å². The number of carbonyl (C=O) groups is 2. The van der Waals surface area contributed by atoms with Gasteiger partial charge in [0.2, 0.25) is 0 Å². The summed E-state index contributed by atoms with van der Waals surface area (Å²) in [4.78, 5) is 30.1. The van der Waals surface area contributed by atoms with Crippen molar-refractivity contribution in [3.63, 3.8) is 0 Å². The highest BCUT2D eigenvalue weighted by atomic mass is 32.3. The van der Waals surface area contributed by atoms with Crippen LogP contribution in [0.5, 0.6) is 0 Å². The zero-order valence-electron chi connectivity index (χ0n) is 13.6. The van der Waals surface area contributed by atoms with E-state index >= 15 is 0 Å². The largest absolute Gasteiger partial charge is 0.418 e. The van der Waals surface area contributed by atoms with Crippen molar-refractivity contribution in [3.05, 3.63) is 40.6 Å². The molecule has 13 heteroatoms. The van der Waals surface area contributed by atoms with Gasteiger partial charge < -0.3 is 4.90 Å². The highest BCUT2D eigenvalue weighted by Gasteiger charge is 2.43. The smallest absolute Gasteiger partial charge is 0.314 e. The molecule has 0 aromatic carbocycles. The molecule has 1 saturated heterocycles. The third kappa shape index (κ3) is 3.62. The molecule has 0 saturated carbocycles. The van der Waals surface area contributed by atoms with Crippen molar-refractivity contribution >= 4 is 39.2 Å². The maximum absolute atomic E-state index is 12.2. The van der Waals surface area contributed by atoms with E-state index < -0.39 is 22.5 Å². The van der Waals surface area contributed by atoms with Crippen LogP contribution < -0.4 is 0 Å². The fraction of sp³-hybridized carbons (Fsp3) is 0.286. The van der Waals surface area contributed by atoms with E-state index in [0.29, 0.717) is 21.3 Å². The van der Waals surface area contributed by atoms with Crippen LogP contribution in [0.4, 0.5) is 4.79 Å². The Morgan fingerprint density at radius 2 is 2.26 bits per heavy atom. The Morgan fingerprint density at radius 1 is 1.44 bits per heavy atom. The molecule has 1 unspecified atom stereocenters. The van der Waals surface area contributed by atoms with Crippen LogP contribution in [0.25, 0.3) is 5.70 Å². The molecule has 2 aliphatic rings. The lowest BCUT2D eigenvalue weighted by Gasteiger charge is -2.21. The van der Waals surface area contributed by atoms with Gasteiger partial charge in [0, 0.05) is 18.9 Å². The van der Waals surface area contributed by atoms with Crippen molar-refractivity contribution in [1.29, 1.82) is 0 Å². The molecule has 0 radical (unpaired) electrons. The van der Waals surface area contributed by atoms with Gasteiger partial charge in [-0.1, -0.05) is 0 Å². The van der Waals surface area contributed by atoms with Gasteiger partial charge in [0.25, 0.3) is 0 Å². The maximum Gasteiger partial charge on any atom is 0.418 e. The number of hydrogen-bond donors (Lipinski definition) is 1. The van der Waals surface area contributed by atoms with Gasteiger partial charge >= 0.3 is 16.4 Å². The summed E-state index contributed by atoms with van der Waals surface area (Å²) in [5.74, 6) is -0.0906. The third-order valence-corrected chi connectivity index (χ3v) is 5.23. The molecule has 1 fully saturated rings. The van der Waals surface area contributed by atoms with Crippen molar-refractivity contribution in [3.8, 4) is 0 Å². The van der Waals surface area contributed by atoms with E-state index in [1.165, 1.54) is 27.1 Å². The van der Waals surface area contributed by atoms with Crippen LogP contribution in [0.1, 0.15) is 15.4 Å². The van der Waals surface area contributed by atoms with Crippen LogP contribution in [0.3, 0.4) is 0 Å². The molecular formula is C14H13N5O6S2. The normalized spacial score (nSPS) is 19.5. The molecule has 4 heterocycles. The second kappa shape index (κ2) is 6.53. The van der Waals surface area contributed by atoms with Gasteiger partial charge in [-0.3, -0.25) is 14.3 Å². The minimum Gasteiger partial charge on any atom is -0.314 e. The first-order valence-corrected chi connectivity index (χ1v) is 9.97. The van der Waals surface area contributed by atoms with Crippen molar-refractivity contribution in [2.45, 2.75) is 12.5 Å². The number of hydrogen-bond acceptors (Lipinski definition) is 8. The number of thiazole rings is 1. The Balaban J connectivity index is 1.51. The first-order chi connectivity index (χ1) is 12.8. The van der Waals surface area contributed by atoms with E-state index in [2.05, 4.69) is 14.4 Å². The summed E-state index contributed by atoms with van der Waals surface area (Å²) in [5, 5.41) is 4.96. The molecule has 0 spiro atoms. The summed E-state index contributed by atoms with van der Waals surface area (Å²) in [6.07, 6.45) is 4.92. The quantitative estimate of drug-likeness (QED) is 0.535.